The lowest BCUT2D eigenvalue weighted by molar-refractivity contribution is 0.605. The Labute approximate surface area is 121 Å². The first kappa shape index (κ1) is 13.1. The molecule has 1 atom stereocenters. The second-order valence-electron chi connectivity index (χ2n) is 4.55. The minimum atomic E-state index is -0.0589. The lowest BCUT2D eigenvalue weighted by Gasteiger charge is -2.16. The molecule has 102 valence electrons. The van der Waals surface area contributed by atoms with Crippen molar-refractivity contribution in [1.82, 2.24) is 15.2 Å². The fourth-order valence-corrected chi connectivity index (χ4v) is 3.19. The third kappa shape index (κ3) is 2.38. The monoisotopic (exact) mass is 284 g/mol. The Bertz CT molecular complexity index is 687. The van der Waals surface area contributed by atoms with E-state index in [1.807, 2.05) is 41.1 Å². The van der Waals surface area contributed by atoms with Gasteiger partial charge in [0.2, 0.25) is 0 Å². The number of hydrogen-bond acceptors (Lipinski definition) is 4. The summed E-state index contributed by atoms with van der Waals surface area (Å²) in [6.07, 6.45) is 1.80. The highest BCUT2D eigenvalue weighted by Crippen LogP contribution is 2.28. The van der Waals surface area contributed by atoms with Gasteiger partial charge in [-0.15, -0.1) is 11.3 Å². The van der Waals surface area contributed by atoms with E-state index in [9.17, 15) is 0 Å². The van der Waals surface area contributed by atoms with E-state index in [1.165, 1.54) is 9.75 Å². The van der Waals surface area contributed by atoms with Crippen molar-refractivity contribution in [3.05, 3.63) is 70.2 Å². The maximum absolute atomic E-state index is 5.77. The van der Waals surface area contributed by atoms with Gasteiger partial charge in [-0.3, -0.25) is 5.84 Å². The molecular formula is C15H16N4S. The molecule has 0 radical (unpaired) electrons. The molecule has 1 aromatic carbocycles. The van der Waals surface area contributed by atoms with E-state index in [4.69, 9.17) is 5.84 Å². The van der Waals surface area contributed by atoms with Crippen LogP contribution in [0.15, 0.2) is 54.7 Å². The van der Waals surface area contributed by atoms with Gasteiger partial charge in [0.25, 0.3) is 0 Å². The average Bonchev–Trinajstić information content (AvgIpc) is 3.11. The number of rotatable bonds is 4. The number of nitrogens with one attached hydrogen (secondary N) is 1. The van der Waals surface area contributed by atoms with Gasteiger partial charge in [0.1, 0.15) is 0 Å². The first-order chi connectivity index (χ1) is 9.79. The van der Waals surface area contributed by atoms with Crippen LogP contribution in [0.1, 0.15) is 21.5 Å². The summed E-state index contributed by atoms with van der Waals surface area (Å²) in [5.74, 6) is 5.77. The predicted molar refractivity (Wildman–Crippen MR) is 81.8 cm³/mol. The number of hydrogen-bond donors (Lipinski definition) is 2. The summed E-state index contributed by atoms with van der Waals surface area (Å²) >= 11 is 1.74. The zero-order valence-corrected chi connectivity index (χ0v) is 12.0. The molecule has 5 heteroatoms. The zero-order valence-electron chi connectivity index (χ0n) is 11.2. The van der Waals surface area contributed by atoms with Crippen LogP contribution in [0.25, 0.3) is 5.69 Å². The van der Waals surface area contributed by atoms with Gasteiger partial charge in [-0.25, -0.2) is 10.1 Å². The fraction of sp³-hybridized carbons (Fsp3) is 0.133. The molecule has 0 saturated heterocycles. The van der Waals surface area contributed by atoms with Crippen molar-refractivity contribution in [1.29, 1.82) is 0 Å². The summed E-state index contributed by atoms with van der Waals surface area (Å²) in [4.78, 5) is 2.45. The van der Waals surface area contributed by atoms with Crippen LogP contribution in [0.3, 0.4) is 0 Å². The van der Waals surface area contributed by atoms with Crippen molar-refractivity contribution in [3.63, 3.8) is 0 Å². The maximum atomic E-state index is 5.77. The lowest BCUT2D eigenvalue weighted by atomic mass is 10.1. The van der Waals surface area contributed by atoms with E-state index in [0.717, 1.165) is 11.4 Å². The molecule has 0 bridgehead atoms. The van der Waals surface area contributed by atoms with Crippen LogP contribution in [0.5, 0.6) is 0 Å². The van der Waals surface area contributed by atoms with Crippen LogP contribution in [-0.2, 0) is 0 Å². The van der Waals surface area contributed by atoms with Crippen LogP contribution in [0, 0.1) is 6.92 Å². The van der Waals surface area contributed by atoms with Gasteiger partial charge in [0, 0.05) is 16.0 Å². The smallest absolute Gasteiger partial charge is 0.0974 e. The maximum Gasteiger partial charge on any atom is 0.0974 e. The van der Waals surface area contributed by atoms with Gasteiger partial charge in [-0.1, -0.05) is 18.2 Å². The Balaban J connectivity index is 2.04. The summed E-state index contributed by atoms with van der Waals surface area (Å²) in [5.41, 5.74) is 4.95. The number of hydrazine groups is 1. The summed E-state index contributed by atoms with van der Waals surface area (Å²) in [6.45, 7) is 2.09. The van der Waals surface area contributed by atoms with E-state index < -0.39 is 0 Å². The molecule has 4 nitrogen and oxygen atoms in total. The molecule has 0 amide bonds. The number of nitrogens with zero attached hydrogens (tertiary/aromatic N) is 2. The molecule has 0 aliphatic rings. The molecule has 3 aromatic rings. The van der Waals surface area contributed by atoms with E-state index in [2.05, 4.69) is 29.6 Å². The van der Waals surface area contributed by atoms with Crippen molar-refractivity contribution in [2.45, 2.75) is 13.0 Å². The summed E-state index contributed by atoms with van der Waals surface area (Å²) in [5, 5.41) is 4.41. The van der Waals surface area contributed by atoms with Crippen molar-refractivity contribution in [2.24, 2.45) is 5.84 Å². The van der Waals surface area contributed by atoms with Gasteiger partial charge in [-0.2, -0.15) is 5.10 Å². The van der Waals surface area contributed by atoms with Crippen molar-refractivity contribution < 1.29 is 0 Å². The highest BCUT2D eigenvalue weighted by atomic mass is 32.1. The Morgan fingerprint density at radius 1 is 1.15 bits per heavy atom. The summed E-state index contributed by atoms with van der Waals surface area (Å²) in [7, 11) is 0. The summed E-state index contributed by atoms with van der Waals surface area (Å²) < 4.78 is 1.92. The molecule has 0 saturated carbocycles. The quantitative estimate of drug-likeness (QED) is 0.572. The minimum Gasteiger partial charge on any atom is -0.270 e. The topological polar surface area (TPSA) is 55.9 Å². The van der Waals surface area contributed by atoms with E-state index in [-0.39, 0.29) is 6.04 Å². The molecule has 0 aliphatic carbocycles. The Morgan fingerprint density at radius 3 is 2.60 bits per heavy atom. The largest absolute Gasteiger partial charge is 0.270 e. The molecule has 0 aliphatic heterocycles. The molecule has 0 spiro atoms. The zero-order chi connectivity index (χ0) is 13.9. The molecular weight excluding hydrogens is 268 g/mol. The van der Waals surface area contributed by atoms with Gasteiger partial charge >= 0.3 is 0 Å². The Hall–Kier alpha value is -1.95. The van der Waals surface area contributed by atoms with Crippen LogP contribution >= 0.6 is 11.3 Å². The number of aromatic nitrogens is 2. The number of nitrogens with two attached hydrogens (primary N) is 1. The highest BCUT2D eigenvalue weighted by molar-refractivity contribution is 7.12. The minimum absolute atomic E-state index is 0.0589. The Morgan fingerprint density at radius 2 is 1.95 bits per heavy atom. The number of aryl methyl sites for hydroxylation is 1. The highest BCUT2D eigenvalue weighted by Gasteiger charge is 2.19. The normalized spacial score (nSPS) is 12.5. The lowest BCUT2D eigenvalue weighted by Crippen LogP contribution is -2.29. The van der Waals surface area contributed by atoms with Gasteiger partial charge in [0.05, 0.1) is 17.4 Å². The number of para-hydroxylation sites is 1. The van der Waals surface area contributed by atoms with Crippen molar-refractivity contribution >= 4 is 11.3 Å². The first-order valence-corrected chi connectivity index (χ1v) is 7.23. The molecule has 20 heavy (non-hydrogen) atoms. The van der Waals surface area contributed by atoms with E-state index in [1.54, 1.807) is 17.5 Å². The molecule has 3 rings (SSSR count). The molecule has 3 N–H and O–H groups in total. The predicted octanol–water partition coefficient (Wildman–Crippen LogP) is 2.79. The van der Waals surface area contributed by atoms with Crippen molar-refractivity contribution in [2.75, 3.05) is 0 Å². The van der Waals surface area contributed by atoms with Gasteiger partial charge < -0.3 is 0 Å². The van der Waals surface area contributed by atoms with E-state index >= 15 is 0 Å². The third-order valence-electron chi connectivity index (χ3n) is 3.18. The standard InChI is InChI=1S/C15H16N4S/c1-11-7-8-14(20-11)15(18-16)13-9-10-17-19(13)12-5-3-2-4-6-12/h2-10,15,18H,16H2,1H3. The van der Waals surface area contributed by atoms with Crippen LogP contribution in [0.2, 0.25) is 0 Å². The van der Waals surface area contributed by atoms with Gasteiger partial charge in [0.15, 0.2) is 0 Å². The van der Waals surface area contributed by atoms with Crippen LogP contribution in [-0.4, -0.2) is 9.78 Å². The van der Waals surface area contributed by atoms with Crippen LogP contribution in [0.4, 0.5) is 0 Å². The summed E-state index contributed by atoms with van der Waals surface area (Å²) in [6, 6.07) is 16.2. The fourth-order valence-electron chi connectivity index (χ4n) is 2.24. The van der Waals surface area contributed by atoms with Crippen molar-refractivity contribution in [3.8, 4) is 5.69 Å². The second-order valence-corrected chi connectivity index (χ2v) is 5.87. The van der Waals surface area contributed by atoms with Gasteiger partial charge in [-0.05, 0) is 37.3 Å². The molecule has 1 unspecified atom stereocenters. The molecule has 2 heterocycles. The number of thiophene rings is 1. The van der Waals surface area contributed by atoms with Crippen LogP contribution < -0.4 is 11.3 Å². The molecule has 2 aromatic heterocycles. The number of benzene rings is 1. The first-order valence-electron chi connectivity index (χ1n) is 6.41. The van der Waals surface area contributed by atoms with E-state index in [0.29, 0.717) is 0 Å². The third-order valence-corrected chi connectivity index (χ3v) is 4.25. The Kier molecular flexibility index (Phi) is 3.64. The molecule has 0 fully saturated rings. The SMILES string of the molecule is Cc1ccc(C(NN)c2ccnn2-c2ccccc2)s1. The second kappa shape index (κ2) is 5.58. The average molecular weight is 284 g/mol.